The van der Waals surface area contributed by atoms with Crippen LogP contribution in [0.5, 0.6) is 0 Å². The van der Waals surface area contributed by atoms with Gasteiger partial charge in [0.05, 0.1) is 17.3 Å². The smallest absolute Gasteiger partial charge is 0.343 e. The molecular formula is C9H12N4O4S. The molecule has 0 aromatic carbocycles. The number of ether oxygens (including phenoxy) is 1. The van der Waals surface area contributed by atoms with Crippen LogP contribution in [-0.4, -0.2) is 40.3 Å². The Kier molecular flexibility index (Phi) is 5.31. The summed E-state index contributed by atoms with van der Waals surface area (Å²) in [6.07, 6.45) is 1.20. The molecule has 0 radical (unpaired) electrons. The SMILES string of the molecule is CCOC(=O)CSc1ncnc(NC)c1[N+](=O)[O-]. The molecule has 1 aromatic heterocycles. The average molecular weight is 272 g/mol. The van der Waals surface area contributed by atoms with Gasteiger partial charge < -0.3 is 10.1 Å². The normalized spacial score (nSPS) is 9.89. The highest BCUT2D eigenvalue weighted by atomic mass is 32.2. The van der Waals surface area contributed by atoms with Gasteiger partial charge in [0.1, 0.15) is 6.33 Å². The predicted molar refractivity (Wildman–Crippen MR) is 65.6 cm³/mol. The van der Waals surface area contributed by atoms with Gasteiger partial charge in [-0.3, -0.25) is 14.9 Å². The van der Waals surface area contributed by atoms with Crippen LogP contribution in [0.1, 0.15) is 6.92 Å². The standard InChI is InChI=1S/C9H12N4O4S/c1-3-17-6(14)4-18-9-7(13(15)16)8(10-2)11-5-12-9/h5H,3-4H2,1-2H3,(H,10,11,12). The lowest BCUT2D eigenvalue weighted by atomic mass is 10.5. The molecule has 1 heterocycles. The maximum absolute atomic E-state index is 11.2. The van der Waals surface area contributed by atoms with Crippen LogP contribution in [0.2, 0.25) is 0 Å². The highest BCUT2D eigenvalue weighted by molar-refractivity contribution is 8.00. The molecule has 0 atom stereocenters. The minimum absolute atomic E-state index is 0.0329. The van der Waals surface area contributed by atoms with Crippen LogP contribution in [0.25, 0.3) is 0 Å². The zero-order valence-corrected chi connectivity index (χ0v) is 10.7. The summed E-state index contributed by atoms with van der Waals surface area (Å²) in [5, 5.41) is 13.7. The molecule has 18 heavy (non-hydrogen) atoms. The van der Waals surface area contributed by atoms with Gasteiger partial charge in [-0.25, -0.2) is 9.97 Å². The summed E-state index contributed by atoms with van der Waals surface area (Å²) in [6, 6.07) is 0. The van der Waals surface area contributed by atoms with E-state index in [4.69, 9.17) is 4.74 Å². The molecule has 0 unspecified atom stereocenters. The summed E-state index contributed by atoms with van der Waals surface area (Å²) >= 11 is 0.946. The number of aromatic nitrogens is 2. The van der Waals surface area contributed by atoms with E-state index in [1.165, 1.54) is 13.4 Å². The van der Waals surface area contributed by atoms with Crippen molar-refractivity contribution in [3.63, 3.8) is 0 Å². The Labute approximate surface area is 107 Å². The number of thioether (sulfide) groups is 1. The molecule has 0 aliphatic carbocycles. The van der Waals surface area contributed by atoms with E-state index in [9.17, 15) is 14.9 Å². The van der Waals surface area contributed by atoms with E-state index in [0.29, 0.717) is 0 Å². The van der Waals surface area contributed by atoms with Crippen molar-refractivity contribution in [3.8, 4) is 0 Å². The lowest BCUT2D eigenvalue weighted by Crippen LogP contribution is -2.08. The van der Waals surface area contributed by atoms with E-state index >= 15 is 0 Å². The van der Waals surface area contributed by atoms with Gasteiger partial charge in [-0.1, -0.05) is 11.8 Å². The van der Waals surface area contributed by atoms with E-state index in [2.05, 4.69) is 15.3 Å². The molecule has 1 N–H and O–H groups in total. The molecule has 0 aliphatic rings. The van der Waals surface area contributed by atoms with Gasteiger partial charge in [0.2, 0.25) is 5.82 Å². The first-order valence-corrected chi connectivity index (χ1v) is 6.04. The molecule has 0 fully saturated rings. The molecule has 0 spiro atoms. The summed E-state index contributed by atoms with van der Waals surface area (Å²) in [7, 11) is 1.52. The topological polar surface area (TPSA) is 107 Å². The first kappa shape index (κ1) is 14.2. The number of hydrogen-bond donors (Lipinski definition) is 1. The summed E-state index contributed by atoms with van der Waals surface area (Å²) < 4.78 is 4.73. The Morgan fingerprint density at radius 2 is 2.33 bits per heavy atom. The molecule has 0 bridgehead atoms. The van der Waals surface area contributed by atoms with Crippen LogP contribution >= 0.6 is 11.8 Å². The van der Waals surface area contributed by atoms with Crippen molar-refractivity contribution >= 4 is 29.2 Å². The summed E-state index contributed by atoms with van der Waals surface area (Å²) in [4.78, 5) is 29.1. The highest BCUT2D eigenvalue weighted by Crippen LogP contribution is 2.31. The van der Waals surface area contributed by atoms with E-state index in [-0.39, 0.29) is 28.9 Å². The fourth-order valence-electron chi connectivity index (χ4n) is 1.15. The van der Waals surface area contributed by atoms with Crippen molar-refractivity contribution in [3.05, 3.63) is 16.4 Å². The van der Waals surface area contributed by atoms with E-state index in [1.54, 1.807) is 6.92 Å². The molecule has 98 valence electrons. The van der Waals surface area contributed by atoms with Crippen LogP contribution in [0, 0.1) is 10.1 Å². The van der Waals surface area contributed by atoms with Gasteiger partial charge in [-0.05, 0) is 6.92 Å². The Bertz CT molecular complexity index is 454. The third kappa shape index (κ3) is 3.55. The Morgan fingerprint density at radius 1 is 1.61 bits per heavy atom. The number of carbonyl (C=O) groups excluding carboxylic acids is 1. The number of carbonyl (C=O) groups is 1. The fourth-order valence-corrected chi connectivity index (χ4v) is 1.91. The van der Waals surface area contributed by atoms with Crippen molar-refractivity contribution in [1.82, 2.24) is 9.97 Å². The molecule has 1 rings (SSSR count). The van der Waals surface area contributed by atoms with Crippen LogP contribution < -0.4 is 5.32 Å². The van der Waals surface area contributed by atoms with Crippen LogP contribution in [-0.2, 0) is 9.53 Å². The van der Waals surface area contributed by atoms with E-state index in [0.717, 1.165) is 11.8 Å². The second-order valence-electron chi connectivity index (χ2n) is 2.98. The fraction of sp³-hybridized carbons (Fsp3) is 0.444. The first-order valence-electron chi connectivity index (χ1n) is 5.05. The molecule has 0 saturated heterocycles. The minimum atomic E-state index is -0.584. The summed E-state index contributed by atoms with van der Waals surface area (Å²) in [5.41, 5.74) is -0.241. The van der Waals surface area contributed by atoms with Crippen molar-refractivity contribution < 1.29 is 14.5 Å². The van der Waals surface area contributed by atoms with Gasteiger partial charge >= 0.3 is 11.7 Å². The number of esters is 1. The van der Waals surface area contributed by atoms with Crippen LogP contribution in [0.15, 0.2) is 11.4 Å². The quantitative estimate of drug-likeness (QED) is 0.269. The number of rotatable bonds is 6. The lowest BCUT2D eigenvalue weighted by Gasteiger charge is -2.05. The molecule has 8 nitrogen and oxygen atoms in total. The van der Waals surface area contributed by atoms with Gasteiger partial charge in [-0.15, -0.1) is 0 Å². The molecule has 1 aromatic rings. The Hall–Kier alpha value is -1.90. The predicted octanol–water partition coefficient (Wildman–Crippen LogP) is 1.08. The van der Waals surface area contributed by atoms with Gasteiger partial charge in [0.15, 0.2) is 5.03 Å². The number of nitrogens with one attached hydrogen (secondary N) is 1. The second kappa shape index (κ2) is 6.74. The third-order valence-corrected chi connectivity index (χ3v) is 2.79. The third-order valence-electron chi connectivity index (χ3n) is 1.84. The number of nitro groups is 1. The van der Waals surface area contributed by atoms with Gasteiger partial charge in [0.25, 0.3) is 0 Å². The molecule has 9 heteroatoms. The monoisotopic (exact) mass is 272 g/mol. The number of hydrogen-bond acceptors (Lipinski definition) is 8. The lowest BCUT2D eigenvalue weighted by molar-refractivity contribution is -0.387. The van der Waals surface area contributed by atoms with Gasteiger partial charge in [-0.2, -0.15) is 0 Å². The Morgan fingerprint density at radius 3 is 2.89 bits per heavy atom. The number of nitrogens with zero attached hydrogens (tertiary/aromatic N) is 3. The second-order valence-corrected chi connectivity index (χ2v) is 3.94. The Balaban J connectivity index is 2.88. The zero-order valence-electron chi connectivity index (χ0n) is 9.87. The van der Waals surface area contributed by atoms with E-state index < -0.39 is 10.9 Å². The molecular weight excluding hydrogens is 260 g/mol. The summed E-state index contributed by atoms with van der Waals surface area (Å²) in [6.45, 7) is 1.96. The van der Waals surface area contributed by atoms with E-state index in [1.807, 2.05) is 0 Å². The van der Waals surface area contributed by atoms with Crippen molar-refractivity contribution in [2.75, 3.05) is 24.7 Å². The molecule has 0 aliphatic heterocycles. The largest absolute Gasteiger partial charge is 0.465 e. The van der Waals surface area contributed by atoms with Crippen molar-refractivity contribution in [2.45, 2.75) is 11.9 Å². The maximum atomic E-state index is 11.2. The van der Waals surface area contributed by atoms with Crippen LogP contribution in [0.3, 0.4) is 0 Å². The van der Waals surface area contributed by atoms with Crippen LogP contribution in [0.4, 0.5) is 11.5 Å². The maximum Gasteiger partial charge on any atom is 0.343 e. The van der Waals surface area contributed by atoms with Crippen molar-refractivity contribution in [1.29, 1.82) is 0 Å². The first-order chi connectivity index (χ1) is 8.60. The number of anilines is 1. The average Bonchev–Trinajstić information content (AvgIpc) is 2.35. The minimum Gasteiger partial charge on any atom is -0.465 e. The highest BCUT2D eigenvalue weighted by Gasteiger charge is 2.23. The van der Waals surface area contributed by atoms with Gasteiger partial charge in [0, 0.05) is 7.05 Å². The molecule has 0 saturated carbocycles. The van der Waals surface area contributed by atoms with Crippen molar-refractivity contribution in [2.24, 2.45) is 0 Å². The summed E-state index contributed by atoms with van der Waals surface area (Å²) in [5.74, 6) is -0.364. The molecule has 0 amide bonds. The zero-order chi connectivity index (χ0) is 13.5.